The monoisotopic (exact) mass is 479 g/mol. The van der Waals surface area contributed by atoms with Crippen molar-refractivity contribution in [2.24, 2.45) is 0 Å². The lowest BCUT2D eigenvalue weighted by atomic mass is 9.98. The van der Waals surface area contributed by atoms with Crippen LogP contribution in [0.3, 0.4) is 0 Å². The van der Waals surface area contributed by atoms with E-state index in [1.54, 1.807) is 53.7 Å². The highest BCUT2D eigenvalue weighted by Crippen LogP contribution is 2.28. The summed E-state index contributed by atoms with van der Waals surface area (Å²) in [7, 11) is 0. The van der Waals surface area contributed by atoms with Gasteiger partial charge in [-0.15, -0.1) is 0 Å². The van der Waals surface area contributed by atoms with Crippen molar-refractivity contribution in [2.45, 2.75) is 98.0 Å². The number of benzene rings is 1. The number of ether oxygens (including phenoxy) is 1. The fraction of sp³-hybridized carbons (Fsp3) is 0.640. The molecule has 4 N–H and O–H groups in total. The minimum atomic E-state index is -1.31. The smallest absolute Gasteiger partial charge is 0.408 e. The predicted octanol–water partition coefficient (Wildman–Crippen LogP) is 3.17. The molecule has 0 heterocycles. The zero-order valence-corrected chi connectivity index (χ0v) is 21.6. The maximum absolute atomic E-state index is 13.6. The Morgan fingerprint density at radius 3 is 2.21 bits per heavy atom. The number of rotatable bonds is 10. The van der Waals surface area contributed by atoms with Gasteiger partial charge in [-0.2, -0.15) is 0 Å². The molecule has 1 aromatic rings. The molecule has 0 aliphatic heterocycles. The lowest BCUT2D eigenvalue weighted by Gasteiger charge is -2.37. The van der Waals surface area contributed by atoms with Crippen LogP contribution in [0.15, 0.2) is 18.2 Å². The van der Waals surface area contributed by atoms with Crippen LogP contribution in [-0.4, -0.2) is 63.4 Å². The molecule has 0 saturated carbocycles. The summed E-state index contributed by atoms with van der Waals surface area (Å²) in [6, 6.07) is 1.81. The van der Waals surface area contributed by atoms with Gasteiger partial charge in [0.1, 0.15) is 23.4 Å². The number of aliphatic hydroxyl groups is 1. The molecular formula is C25H41N3O6. The maximum Gasteiger partial charge on any atom is 0.408 e. The molecule has 3 atom stereocenters. The number of alkyl carbamates (subject to hydrolysis) is 1. The Bertz CT molecular complexity index is 850. The fourth-order valence-electron chi connectivity index (χ4n) is 3.61. The number of aliphatic hydroxyl groups excluding tert-OH is 1. The van der Waals surface area contributed by atoms with Crippen molar-refractivity contribution in [3.63, 3.8) is 0 Å². The van der Waals surface area contributed by atoms with Crippen LogP contribution in [0, 0.1) is 6.92 Å². The molecule has 34 heavy (non-hydrogen) atoms. The topological polar surface area (TPSA) is 128 Å². The third-order valence-corrected chi connectivity index (χ3v) is 5.16. The second kappa shape index (κ2) is 12.6. The normalized spacial score (nSPS) is 14.2. The van der Waals surface area contributed by atoms with E-state index in [1.807, 2.05) is 13.8 Å². The molecule has 0 saturated heterocycles. The molecule has 192 valence electrons. The maximum atomic E-state index is 13.6. The second-order valence-electron chi connectivity index (χ2n) is 9.87. The summed E-state index contributed by atoms with van der Waals surface area (Å²) in [4.78, 5) is 40.6. The minimum Gasteiger partial charge on any atom is -0.508 e. The number of phenolic OH excluding ortho intramolecular Hbond substituents is 1. The number of nitrogens with zero attached hydrogens (tertiary/aromatic N) is 1. The molecule has 0 fully saturated rings. The number of hydrogen-bond acceptors (Lipinski definition) is 6. The van der Waals surface area contributed by atoms with Crippen molar-refractivity contribution in [3.8, 4) is 5.75 Å². The summed E-state index contributed by atoms with van der Waals surface area (Å²) in [5.41, 5.74) is 0.276. The van der Waals surface area contributed by atoms with Gasteiger partial charge in [0, 0.05) is 12.1 Å². The van der Waals surface area contributed by atoms with Crippen LogP contribution in [0.5, 0.6) is 5.75 Å². The first kappa shape index (κ1) is 29.2. The van der Waals surface area contributed by atoms with Gasteiger partial charge in [-0.3, -0.25) is 9.59 Å². The molecule has 1 aromatic carbocycles. The summed E-state index contributed by atoms with van der Waals surface area (Å²) in [5, 5.41) is 25.3. The van der Waals surface area contributed by atoms with E-state index < -0.39 is 42.3 Å². The quantitative estimate of drug-likeness (QED) is 0.408. The van der Waals surface area contributed by atoms with Crippen molar-refractivity contribution in [2.75, 3.05) is 6.61 Å². The zero-order chi connectivity index (χ0) is 26.2. The molecule has 0 aliphatic carbocycles. The number of hydrogen-bond donors (Lipinski definition) is 4. The SMILES string of the molecule is CCCC(C)NC(=O)C(c1ccc(O)c(C)c1)N(C(=O)C(CO)NC(=O)OC(C)(C)C)C(C)C. The summed E-state index contributed by atoms with van der Waals surface area (Å²) in [6.45, 7) is 13.5. The molecular weight excluding hydrogens is 438 g/mol. The number of phenols is 1. The highest BCUT2D eigenvalue weighted by molar-refractivity contribution is 5.92. The van der Waals surface area contributed by atoms with Crippen molar-refractivity contribution in [3.05, 3.63) is 29.3 Å². The molecule has 0 bridgehead atoms. The number of amides is 3. The van der Waals surface area contributed by atoms with E-state index in [0.29, 0.717) is 11.1 Å². The minimum absolute atomic E-state index is 0.0736. The van der Waals surface area contributed by atoms with Gasteiger partial charge < -0.3 is 30.5 Å². The van der Waals surface area contributed by atoms with E-state index in [-0.39, 0.29) is 17.7 Å². The number of nitrogens with one attached hydrogen (secondary N) is 2. The van der Waals surface area contributed by atoms with E-state index >= 15 is 0 Å². The van der Waals surface area contributed by atoms with Crippen molar-refractivity contribution < 1.29 is 29.3 Å². The van der Waals surface area contributed by atoms with Crippen molar-refractivity contribution in [1.29, 1.82) is 0 Å². The van der Waals surface area contributed by atoms with E-state index in [2.05, 4.69) is 10.6 Å². The van der Waals surface area contributed by atoms with E-state index in [0.717, 1.165) is 12.8 Å². The van der Waals surface area contributed by atoms with Crippen LogP contribution < -0.4 is 10.6 Å². The second-order valence-corrected chi connectivity index (χ2v) is 9.87. The summed E-state index contributed by atoms with van der Waals surface area (Å²) >= 11 is 0. The lowest BCUT2D eigenvalue weighted by Crippen LogP contribution is -2.56. The molecule has 9 nitrogen and oxygen atoms in total. The van der Waals surface area contributed by atoms with Crippen LogP contribution in [-0.2, 0) is 14.3 Å². The molecule has 3 unspecified atom stereocenters. The highest BCUT2D eigenvalue weighted by Gasteiger charge is 2.38. The number of aryl methyl sites for hydroxylation is 1. The fourth-order valence-corrected chi connectivity index (χ4v) is 3.61. The van der Waals surface area contributed by atoms with Gasteiger partial charge in [0.15, 0.2) is 0 Å². The average Bonchev–Trinajstić information content (AvgIpc) is 2.70. The van der Waals surface area contributed by atoms with Gasteiger partial charge in [-0.25, -0.2) is 4.79 Å². The average molecular weight is 480 g/mol. The van der Waals surface area contributed by atoms with Crippen molar-refractivity contribution >= 4 is 17.9 Å². The van der Waals surface area contributed by atoms with Gasteiger partial charge in [-0.05, 0) is 78.1 Å². The van der Waals surface area contributed by atoms with Crippen LogP contribution >= 0.6 is 0 Å². The molecule has 0 spiro atoms. The van der Waals surface area contributed by atoms with Crippen molar-refractivity contribution in [1.82, 2.24) is 15.5 Å². The van der Waals surface area contributed by atoms with Gasteiger partial charge >= 0.3 is 6.09 Å². The predicted molar refractivity (Wildman–Crippen MR) is 130 cm³/mol. The first-order valence-corrected chi connectivity index (χ1v) is 11.7. The zero-order valence-electron chi connectivity index (χ0n) is 21.6. The molecule has 1 rings (SSSR count). The Morgan fingerprint density at radius 2 is 1.74 bits per heavy atom. The van der Waals surface area contributed by atoms with Gasteiger partial charge in [0.25, 0.3) is 0 Å². The molecule has 0 aromatic heterocycles. The number of carbonyl (C=O) groups excluding carboxylic acids is 3. The standard InChI is InChI=1S/C25H41N3O6/c1-9-10-17(5)26-22(31)21(18-11-12-20(30)16(4)13-18)28(15(2)3)23(32)19(14-29)27-24(33)34-25(6,7)8/h11-13,15,17,19,21,29-30H,9-10,14H2,1-8H3,(H,26,31)(H,27,33). The number of aromatic hydroxyl groups is 1. The van der Waals surface area contributed by atoms with E-state index in [4.69, 9.17) is 4.74 Å². The summed E-state index contributed by atoms with van der Waals surface area (Å²) < 4.78 is 5.22. The van der Waals surface area contributed by atoms with Crippen LogP contribution in [0.4, 0.5) is 4.79 Å². The Balaban J connectivity index is 3.41. The third kappa shape index (κ3) is 8.52. The first-order chi connectivity index (χ1) is 15.7. The summed E-state index contributed by atoms with van der Waals surface area (Å²) in [6.07, 6.45) is 0.799. The van der Waals surface area contributed by atoms with Gasteiger partial charge in [-0.1, -0.05) is 19.4 Å². The third-order valence-electron chi connectivity index (χ3n) is 5.16. The molecule has 0 radical (unpaired) electrons. The Hall–Kier alpha value is -2.81. The van der Waals surface area contributed by atoms with Gasteiger partial charge in [0.05, 0.1) is 6.61 Å². The Labute approximate surface area is 202 Å². The van der Waals surface area contributed by atoms with Crippen LogP contribution in [0.25, 0.3) is 0 Å². The van der Waals surface area contributed by atoms with Gasteiger partial charge in [0.2, 0.25) is 11.8 Å². The Morgan fingerprint density at radius 1 is 1.12 bits per heavy atom. The molecule has 0 aliphatic rings. The highest BCUT2D eigenvalue weighted by atomic mass is 16.6. The van der Waals surface area contributed by atoms with E-state index in [1.165, 1.54) is 11.0 Å². The lowest BCUT2D eigenvalue weighted by molar-refractivity contribution is -0.145. The first-order valence-electron chi connectivity index (χ1n) is 11.7. The number of carbonyl (C=O) groups is 3. The Kier molecular flexibility index (Phi) is 10.8. The molecule has 3 amide bonds. The van der Waals surface area contributed by atoms with Crippen LogP contribution in [0.1, 0.15) is 78.5 Å². The van der Waals surface area contributed by atoms with Crippen LogP contribution in [0.2, 0.25) is 0 Å². The summed E-state index contributed by atoms with van der Waals surface area (Å²) in [5.74, 6) is -0.941. The van der Waals surface area contributed by atoms with E-state index in [9.17, 15) is 24.6 Å². The molecule has 9 heteroatoms. The largest absolute Gasteiger partial charge is 0.508 e.